The number of sulfonamides is 1. The first kappa shape index (κ1) is 17.3. The molecule has 5 rings (SSSR count). The highest BCUT2D eigenvalue weighted by Crippen LogP contribution is 2.61. The maximum absolute atomic E-state index is 12.9. The molecule has 0 aromatic heterocycles. The Labute approximate surface area is 151 Å². The van der Waals surface area contributed by atoms with Crippen LogP contribution in [0.25, 0.3) is 0 Å². The van der Waals surface area contributed by atoms with E-state index in [0.717, 1.165) is 24.2 Å². The van der Waals surface area contributed by atoms with Crippen LogP contribution in [0.4, 0.5) is 0 Å². The van der Waals surface area contributed by atoms with Gasteiger partial charge in [0.2, 0.25) is 10.0 Å². The molecule has 0 spiro atoms. The Balaban J connectivity index is 1.57. The molecule has 1 atom stereocenters. The molecule has 4 aliphatic rings. The molecule has 0 unspecified atom stereocenters. The van der Waals surface area contributed by atoms with Gasteiger partial charge in [-0.1, -0.05) is 6.92 Å². The van der Waals surface area contributed by atoms with Crippen LogP contribution < -0.4 is 9.46 Å². The Morgan fingerprint density at radius 1 is 1.08 bits per heavy atom. The number of hydrogen-bond acceptors (Lipinski definition) is 3. The molecule has 0 amide bonds. The average molecular weight is 364 g/mol. The van der Waals surface area contributed by atoms with Crippen molar-refractivity contribution in [2.75, 3.05) is 7.11 Å². The molecule has 4 fully saturated rings. The fraction of sp³-hybridized carbons (Fsp3) is 0.700. The van der Waals surface area contributed by atoms with E-state index in [4.69, 9.17) is 4.74 Å². The van der Waals surface area contributed by atoms with E-state index < -0.39 is 10.0 Å². The van der Waals surface area contributed by atoms with Crippen molar-refractivity contribution >= 4 is 10.0 Å². The molecule has 25 heavy (non-hydrogen) atoms. The molecular weight excluding hydrogens is 334 g/mol. The van der Waals surface area contributed by atoms with E-state index >= 15 is 0 Å². The monoisotopic (exact) mass is 363 g/mol. The SMILES string of the molecule is CC[C@H](NS(=O)(=O)c1ccc(OC)cc1)C12CC3CC(CC(C3)C1)C2. The van der Waals surface area contributed by atoms with Crippen molar-refractivity contribution in [2.24, 2.45) is 23.2 Å². The summed E-state index contributed by atoms with van der Waals surface area (Å²) in [6.07, 6.45) is 8.62. The van der Waals surface area contributed by atoms with Gasteiger partial charge in [-0.05, 0) is 92.4 Å². The van der Waals surface area contributed by atoms with E-state index in [1.807, 2.05) is 0 Å². The van der Waals surface area contributed by atoms with Gasteiger partial charge in [-0.15, -0.1) is 0 Å². The second-order valence-corrected chi connectivity index (χ2v) is 10.3. The molecule has 138 valence electrons. The molecular formula is C20H29NO3S. The molecule has 0 aliphatic heterocycles. The average Bonchev–Trinajstić information content (AvgIpc) is 2.58. The summed E-state index contributed by atoms with van der Waals surface area (Å²) in [5.74, 6) is 3.15. The topological polar surface area (TPSA) is 55.4 Å². The fourth-order valence-electron chi connectivity index (χ4n) is 6.26. The highest BCUT2D eigenvalue weighted by Gasteiger charge is 2.54. The second-order valence-electron chi connectivity index (χ2n) is 8.54. The van der Waals surface area contributed by atoms with Crippen molar-refractivity contribution in [2.45, 2.75) is 62.8 Å². The lowest BCUT2D eigenvalue weighted by Crippen LogP contribution is -2.56. The minimum Gasteiger partial charge on any atom is -0.497 e. The maximum atomic E-state index is 12.9. The Morgan fingerprint density at radius 2 is 1.60 bits per heavy atom. The Hall–Kier alpha value is -1.07. The lowest BCUT2D eigenvalue weighted by molar-refractivity contribution is -0.0704. The van der Waals surface area contributed by atoms with Crippen LogP contribution in [0.2, 0.25) is 0 Å². The Kier molecular flexibility index (Phi) is 4.35. The summed E-state index contributed by atoms with van der Waals surface area (Å²) in [4.78, 5) is 0.330. The summed E-state index contributed by atoms with van der Waals surface area (Å²) < 4.78 is 34.1. The first-order valence-electron chi connectivity index (χ1n) is 9.60. The van der Waals surface area contributed by atoms with Crippen molar-refractivity contribution in [3.63, 3.8) is 0 Å². The molecule has 4 saturated carbocycles. The third kappa shape index (κ3) is 3.10. The summed E-state index contributed by atoms with van der Waals surface area (Å²) in [7, 11) is -1.91. The van der Waals surface area contributed by atoms with Gasteiger partial charge in [-0.25, -0.2) is 13.1 Å². The van der Waals surface area contributed by atoms with Crippen LogP contribution in [0.1, 0.15) is 51.9 Å². The van der Waals surface area contributed by atoms with E-state index in [2.05, 4.69) is 11.6 Å². The minimum atomic E-state index is -3.50. The van der Waals surface area contributed by atoms with Crippen LogP contribution in [0, 0.1) is 23.2 Å². The number of hydrogen-bond donors (Lipinski definition) is 1. The summed E-state index contributed by atoms with van der Waals surface area (Å²) in [5.41, 5.74) is 0.184. The van der Waals surface area contributed by atoms with Crippen LogP contribution >= 0.6 is 0 Å². The second kappa shape index (κ2) is 6.27. The molecule has 4 bridgehead atoms. The van der Waals surface area contributed by atoms with Crippen LogP contribution in [-0.4, -0.2) is 21.6 Å². The van der Waals surface area contributed by atoms with Crippen molar-refractivity contribution in [1.29, 1.82) is 0 Å². The first-order chi connectivity index (χ1) is 11.9. The van der Waals surface area contributed by atoms with Crippen molar-refractivity contribution < 1.29 is 13.2 Å². The van der Waals surface area contributed by atoms with E-state index in [1.165, 1.54) is 38.5 Å². The van der Waals surface area contributed by atoms with Crippen molar-refractivity contribution in [1.82, 2.24) is 4.72 Å². The highest BCUT2D eigenvalue weighted by molar-refractivity contribution is 7.89. The summed E-state index contributed by atoms with van der Waals surface area (Å²) in [6, 6.07) is 6.73. The molecule has 4 aliphatic carbocycles. The number of rotatable bonds is 6. The quantitative estimate of drug-likeness (QED) is 0.832. The Morgan fingerprint density at radius 3 is 2.04 bits per heavy atom. The number of methoxy groups -OCH3 is 1. The fourth-order valence-corrected chi connectivity index (χ4v) is 7.68. The third-order valence-electron chi connectivity index (χ3n) is 6.90. The van der Waals surface area contributed by atoms with Gasteiger partial charge in [-0.2, -0.15) is 0 Å². The highest BCUT2D eigenvalue weighted by atomic mass is 32.2. The van der Waals surface area contributed by atoms with Gasteiger partial charge in [-0.3, -0.25) is 0 Å². The molecule has 0 heterocycles. The van der Waals surface area contributed by atoms with Gasteiger partial charge in [0.1, 0.15) is 5.75 Å². The van der Waals surface area contributed by atoms with Crippen LogP contribution in [0.5, 0.6) is 5.75 Å². The molecule has 1 aromatic rings. The number of nitrogens with one attached hydrogen (secondary N) is 1. The molecule has 4 nitrogen and oxygen atoms in total. The summed E-state index contributed by atoms with van der Waals surface area (Å²) >= 11 is 0. The number of ether oxygens (including phenoxy) is 1. The number of benzene rings is 1. The first-order valence-corrected chi connectivity index (χ1v) is 11.1. The summed E-state index contributed by atoms with van der Waals surface area (Å²) in [5, 5.41) is 0. The van der Waals surface area contributed by atoms with Gasteiger partial charge in [0, 0.05) is 6.04 Å². The van der Waals surface area contributed by atoms with Crippen LogP contribution in [0.15, 0.2) is 29.2 Å². The normalized spacial score (nSPS) is 34.9. The maximum Gasteiger partial charge on any atom is 0.240 e. The van der Waals surface area contributed by atoms with Crippen molar-refractivity contribution in [3.05, 3.63) is 24.3 Å². The van der Waals surface area contributed by atoms with E-state index in [9.17, 15) is 8.42 Å². The van der Waals surface area contributed by atoms with Crippen LogP contribution in [-0.2, 0) is 10.0 Å². The molecule has 5 heteroatoms. The van der Waals surface area contributed by atoms with Gasteiger partial charge in [0.05, 0.1) is 12.0 Å². The van der Waals surface area contributed by atoms with Gasteiger partial charge >= 0.3 is 0 Å². The largest absolute Gasteiger partial charge is 0.497 e. The summed E-state index contributed by atoms with van der Waals surface area (Å²) in [6.45, 7) is 2.12. The molecule has 1 aromatic carbocycles. The zero-order valence-corrected chi connectivity index (χ0v) is 16.0. The standard InChI is InChI=1S/C20H29NO3S/c1-3-19(20-11-14-8-15(12-20)10-16(9-14)13-20)21-25(22,23)18-6-4-17(24-2)5-7-18/h4-7,14-16,19,21H,3,8-13H2,1-2H3/t14?,15?,16?,19-,20?/m0/s1. The predicted molar refractivity (Wildman–Crippen MR) is 98.0 cm³/mol. The van der Waals surface area contributed by atoms with Gasteiger partial charge in [0.25, 0.3) is 0 Å². The van der Waals surface area contributed by atoms with Gasteiger partial charge in [0.15, 0.2) is 0 Å². The molecule has 0 radical (unpaired) electrons. The van der Waals surface area contributed by atoms with Crippen molar-refractivity contribution in [3.8, 4) is 5.75 Å². The van der Waals surface area contributed by atoms with E-state index in [-0.39, 0.29) is 11.5 Å². The lowest BCUT2D eigenvalue weighted by Gasteiger charge is -2.59. The van der Waals surface area contributed by atoms with E-state index in [1.54, 1.807) is 31.4 Å². The Bertz CT molecular complexity index is 691. The lowest BCUT2D eigenvalue weighted by atomic mass is 9.47. The smallest absolute Gasteiger partial charge is 0.240 e. The van der Waals surface area contributed by atoms with Gasteiger partial charge < -0.3 is 4.74 Å². The zero-order chi connectivity index (χ0) is 17.7. The molecule has 1 N–H and O–H groups in total. The molecule has 0 saturated heterocycles. The zero-order valence-electron chi connectivity index (χ0n) is 15.2. The van der Waals surface area contributed by atoms with E-state index in [0.29, 0.717) is 10.6 Å². The van der Waals surface area contributed by atoms with Crippen LogP contribution in [0.3, 0.4) is 0 Å². The predicted octanol–water partition coefficient (Wildman–Crippen LogP) is 3.97. The third-order valence-corrected chi connectivity index (χ3v) is 8.39. The minimum absolute atomic E-state index is 0.0491.